The van der Waals surface area contributed by atoms with E-state index in [9.17, 15) is 4.79 Å². The maximum atomic E-state index is 13.0. The van der Waals surface area contributed by atoms with Gasteiger partial charge in [-0.15, -0.1) is 0 Å². The van der Waals surface area contributed by atoms with Gasteiger partial charge in [-0.3, -0.25) is 4.79 Å². The van der Waals surface area contributed by atoms with Gasteiger partial charge >= 0.3 is 0 Å². The fourth-order valence-corrected chi connectivity index (χ4v) is 5.61. The molecule has 0 radical (unpaired) electrons. The molecule has 0 N–H and O–H groups in total. The van der Waals surface area contributed by atoms with E-state index in [2.05, 4.69) is 16.3 Å². The highest BCUT2D eigenvalue weighted by molar-refractivity contribution is 5.98. The van der Waals surface area contributed by atoms with Gasteiger partial charge < -0.3 is 9.47 Å². The van der Waals surface area contributed by atoms with Crippen molar-refractivity contribution in [2.45, 2.75) is 56.7 Å². The molecule has 4 aliphatic rings. The van der Waals surface area contributed by atoms with Crippen molar-refractivity contribution in [1.82, 2.24) is 0 Å². The Hall–Kier alpha value is -2.95. The average molecular weight is 400 g/mol. The van der Waals surface area contributed by atoms with E-state index in [-0.39, 0.29) is 29.8 Å². The minimum Gasteiger partial charge on any atom is -0.494 e. The molecule has 2 aromatic carbocycles. The first-order chi connectivity index (χ1) is 14.8. The summed E-state index contributed by atoms with van der Waals surface area (Å²) in [6.07, 6.45) is 5.79. The smallest absolute Gasteiger partial charge is 0.162 e. The van der Waals surface area contributed by atoms with E-state index in [1.54, 1.807) is 0 Å². The molecule has 2 aliphatic heterocycles. The zero-order valence-electron chi connectivity index (χ0n) is 16.8. The first-order valence-corrected chi connectivity index (χ1v) is 11.0. The van der Waals surface area contributed by atoms with Gasteiger partial charge in [0, 0.05) is 35.8 Å². The zero-order valence-corrected chi connectivity index (χ0v) is 16.8. The molecule has 5 heteroatoms. The maximum absolute atomic E-state index is 13.0. The van der Waals surface area contributed by atoms with Gasteiger partial charge in [-0.2, -0.15) is 10.2 Å². The fourth-order valence-electron chi connectivity index (χ4n) is 5.61. The molecular formula is C25H24N2O3. The molecule has 2 aliphatic carbocycles. The number of hydrogen-bond donors (Lipinski definition) is 0. The quantitative estimate of drug-likeness (QED) is 0.568. The summed E-state index contributed by atoms with van der Waals surface area (Å²) >= 11 is 0. The topological polar surface area (TPSA) is 60.2 Å². The highest BCUT2D eigenvalue weighted by atomic mass is 16.5. The van der Waals surface area contributed by atoms with Gasteiger partial charge in [-0.05, 0) is 56.0 Å². The van der Waals surface area contributed by atoms with Gasteiger partial charge in [0.25, 0.3) is 0 Å². The molecule has 0 aromatic heterocycles. The first kappa shape index (κ1) is 17.9. The molecular weight excluding hydrogens is 376 g/mol. The van der Waals surface area contributed by atoms with Crippen molar-refractivity contribution in [3.05, 3.63) is 65.4 Å². The number of carbonyl (C=O) groups is 1. The van der Waals surface area contributed by atoms with Crippen LogP contribution in [0.25, 0.3) is 0 Å². The van der Waals surface area contributed by atoms with Crippen molar-refractivity contribution in [3.63, 3.8) is 0 Å². The third kappa shape index (κ3) is 2.87. The lowest BCUT2D eigenvalue weighted by Gasteiger charge is -2.50. The molecule has 2 unspecified atom stereocenters. The van der Waals surface area contributed by atoms with Crippen molar-refractivity contribution in [3.8, 4) is 5.75 Å². The van der Waals surface area contributed by atoms with E-state index in [0.717, 1.165) is 66.1 Å². The molecule has 1 fully saturated rings. The second-order valence-electron chi connectivity index (χ2n) is 8.67. The maximum Gasteiger partial charge on any atom is 0.162 e. The molecule has 0 amide bonds. The lowest BCUT2D eigenvalue weighted by molar-refractivity contribution is -0.120. The molecule has 0 saturated heterocycles. The van der Waals surface area contributed by atoms with Gasteiger partial charge in [0.05, 0.1) is 11.4 Å². The summed E-state index contributed by atoms with van der Waals surface area (Å²) in [5.74, 6) is 2.31. The van der Waals surface area contributed by atoms with Crippen LogP contribution in [0.1, 0.15) is 50.0 Å². The Balaban J connectivity index is 1.45. The second-order valence-corrected chi connectivity index (χ2v) is 8.67. The van der Waals surface area contributed by atoms with Crippen LogP contribution in [-0.2, 0) is 9.53 Å². The van der Waals surface area contributed by atoms with E-state index >= 15 is 0 Å². The number of rotatable bonds is 2. The minimum absolute atomic E-state index is 0.0486. The Morgan fingerprint density at radius 1 is 0.833 bits per heavy atom. The Kier molecular flexibility index (Phi) is 4.22. The Morgan fingerprint density at radius 3 is 2.50 bits per heavy atom. The molecule has 5 nitrogen and oxygen atoms in total. The van der Waals surface area contributed by atoms with Crippen molar-refractivity contribution >= 4 is 17.2 Å². The highest BCUT2D eigenvalue weighted by Crippen LogP contribution is 2.55. The third-order valence-corrected chi connectivity index (χ3v) is 6.88. The van der Waals surface area contributed by atoms with Gasteiger partial charge in [0.15, 0.2) is 5.78 Å². The molecule has 4 atom stereocenters. The summed E-state index contributed by atoms with van der Waals surface area (Å²) in [5.41, 5.74) is 3.57. The van der Waals surface area contributed by atoms with Crippen LogP contribution in [0.4, 0.5) is 11.4 Å². The lowest BCUT2D eigenvalue weighted by Crippen LogP contribution is -2.51. The number of benzene rings is 2. The summed E-state index contributed by atoms with van der Waals surface area (Å²) < 4.78 is 12.8. The van der Waals surface area contributed by atoms with Crippen LogP contribution in [0, 0.1) is 5.92 Å². The number of nitrogens with zero attached hydrogens (tertiary/aromatic N) is 2. The third-order valence-electron chi connectivity index (χ3n) is 6.88. The number of azo groups is 1. The van der Waals surface area contributed by atoms with Crippen LogP contribution in [0.5, 0.6) is 5.75 Å². The highest BCUT2D eigenvalue weighted by Gasteiger charge is 2.52. The number of ketones is 1. The molecule has 1 saturated carbocycles. The van der Waals surface area contributed by atoms with E-state index < -0.39 is 0 Å². The molecule has 152 valence electrons. The van der Waals surface area contributed by atoms with Crippen LogP contribution >= 0.6 is 0 Å². The van der Waals surface area contributed by atoms with Crippen molar-refractivity contribution < 1.29 is 14.3 Å². The molecule has 2 aromatic rings. The fraction of sp³-hybridized carbons (Fsp3) is 0.400. The summed E-state index contributed by atoms with van der Waals surface area (Å²) in [5, 5.41) is 8.82. The van der Waals surface area contributed by atoms with Crippen LogP contribution in [0.15, 0.2) is 70.1 Å². The van der Waals surface area contributed by atoms with Crippen molar-refractivity contribution in [1.29, 1.82) is 0 Å². The van der Waals surface area contributed by atoms with E-state index in [1.807, 2.05) is 42.5 Å². The predicted octanol–water partition coefficient (Wildman–Crippen LogP) is 6.15. The summed E-state index contributed by atoms with van der Waals surface area (Å²) in [6, 6.07) is 15.7. The zero-order chi connectivity index (χ0) is 20.1. The summed E-state index contributed by atoms with van der Waals surface area (Å²) in [4.78, 5) is 13.0. The standard InChI is InChI=1S/C25H24N2O3/c28-18-8-4-9-20-24(18)23-17-14-16(27-26-15-6-2-1-3-7-15)12-13-19(17)29-21-10-5-11-22(30-20)25(21)23/h1-3,6-7,12-14,21-23,25H,4-5,8-11H2/t21?,22?,23-,25-/m0/s1. The van der Waals surface area contributed by atoms with Gasteiger partial charge in [0.2, 0.25) is 0 Å². The summed E-state index contributed by atoms with van der Waals surface area (Å²) in [7, 11) is 0. The lowest BCUT2D eigenvalue weighted by atomic mass is 9.65. The number of Topliss-reactive ketones (excluding diaryl/α,β-unsaturated/α-hetero) is 1. The number of fused-ring (bicyclic) bond motifs is 3. The number of carbonyl (C=O) groups excluding carboxylic acids is 1. The first-order valence-electron chi connectivity index (χ1n) is 11.0. The number of allylic oxidation sites excluding steroid dienone is 2. The van der Waals surface area contributed by atoms with Gasteiger partial charge in [-0.1, -0.05) is 18.2 Å². The van der Waals surface area contributed by atoms with Gasteiger partial charge in [-0.25, -0.2) is 0 Å². The monoisotopic (exact) mass is 400 g/mol. The van der Waals surface area contributed by atoms with Crippen molar-refractivity contribution in [2.75, 3.05) is 0 Å². The molecule has 6 rings (SSSR count). The average Bonchev–Trinajstić information content (AvgIpc) is 2.78. The SMILES string of the molecule is O=C1CCCC2=C1[C@@H]1c3cc(N=Nc4ccccc4)ccc3OC3CCCC(O2)[C@H]31. The van der Waals surface area contributed by atoms with Gasteiger partial charge in [0.1, 0.15) is 23.7 Å². The second kappa shape index (κ2) is 7.08. The number of ether oxygens (including phenoxy) is 2. The van der Waals surface area contributed by atoms with Crippen LogP contribution in [0.2, 0.25) is 0 Å². The van der Waals surface area contributed by atoms with Crippen LogP contribution < -0.4 is 4.74 Å². The number of hydrogen-bond acceptors (Lipinski definition) is 5. The Bertz CT molecular complexity index is 1060. The van der Waals surface area contributed by atoms with E-state index in [1.165, 1.54) is 0 Å². The van der Waals surface area contributed by atoms with Crippen LogP contribution in [0.3, 0.4) is 0 Å². The van der Waals surface area contributed by atoms with E-state index in [4.69, 9.17) is 9.47 Å². The molecule has 2 heterocycles. The van der Waals surface area contributed by atoms with Crippen molar-refractivity contribution in [2.24, 2.45) is 16.1 Å². The summed E-state index contributed by atoms with van der Waals surface area (Å²) in [6.45, 7) is 0. The molecule has 30 heavy (non-hydrogen) atoms. The molecule has 0 spiro atoms. The Labute approximate surface area is 175 Å². The normalized spacial score (nSPS) is 29.5. The largest absolute Gasteiger partial charge is 0.494 e. The molecule has 0 bridgehead atoms. The Morgan fingerprint density at radius 2 is 1.63 bits per heavy atom. The van der Waals surface area contributed by atoms with E-state index in [0.29, 0.717) is 6.42 Å². The van der Waals surface area contributed by atoms with Crippen LogP contribution in [-0.4, -0.2) is 18.0 Å². The minimum atomic E-state index is 0.0486. The predicted molar refractivity (Wildman–Crippen MR) is 112 cm³/mol.